The first-order valence-corrected chi connectivity index (χ1v) is 7.81. The summed E-state index contributed by atoms with van der Waals surface area (Å²) in [6, 6.07) is 11.5. The molecule has 1 atom stereocenters. The Kier molecular flexibility index (Phi) is 4.01. The molecule has 0 bridgehead atoms. The fraction of sp³-hybridized carbons (Fsp3) is 0.250. The summed E-state index contributed by atoms with van der Waals surface area (Å²) in [5, 5.41) is 7.77. The molecule has 1 aromatic carbocycles. The Morgan fingerprint density at radius 1 is 1.29 bits per heavy atom. The Bertz CT molecular complexity index is 652. The smallest absolute Gasteiger partial charge is 0.228 e. The predicted molar refractivity (Wildman–Crippen MR) is 83.5 cm³/mol. The van der Waals surface area contributed by atoms with E-state index in [0.717, 1.165) is 17.7 Å². The average Bonchev–Trinajstić information content (AvgIpc) is 2.99. The van der Waals surface area contributed by atoms with E-state index in [4.69, 9.17) is 0 Å². The molecule has 2 aromatic rings. The first-order valence-electron chi connectivity index (χ1n) is 6.93. The Balaban J connectivity index is 1.65. The van der Waals surface area contributed by atoms with Crippen LogP contribution in [0, 0.1) is 0 Å². The summed E-state index contributed by atoms with van der Waals surface area (Å²) in [4.78, 5) is 25.3. The van der Waals surface area contributed by atoms with Crippen LogP contribution in [0.3, 0.4) is 0 Å². The fourth-order valence-electron chi connectivity index (χ4n) is 2.53. The fourth-order valence-corrected chi connectivity index (χ4v) is 3.24. The molecule has 0 spiro atoms. The van der Waals surface area contributed by atoms with Gasteiger partial charge in [-0.3, -0.25) is 9.59 Å². The van der Waals surface area contributed by atoms with Crippen molar-refractivity contribution >= 4 is 28.8 Å². The Morgan fingerprint density at radius 3 is 2.95 bits per heavy atom. The Labute approximate surface area is 127 Å². The van der Waals surface area contributed by atoms with Gasteiger partial charge in [-0.15, -0.1) is 11.3 Å². The first-order chi connectivity index (χ1) is 10.2. The maximum Gasteiger partial charge on any atom is 0.228 e. The van der Waals surface area contributed by atoms with Crippen LogP contribution in [-0.4, -0.2) is 18.4 Å². The SMILES string of the molecule is O=C1CC(C(=O)NCCc2cccs2)c2ccccc2N1. The minimum Gasteiger partial charge on any atom is -0.355 e. The van der Waals surface area contributed by atoms with Gasteiger partial charge in [0.25, 0.3) is 0 Å². The molecule has 1 unspecified atom stereocenters. The van der Waals surface area contributed by atoms with Crippen LogP contribution in [0.5, 0.6) is 0 Å². The number of thiophene rings is 1. The maximum atomic E-state index is 12.3. The molecule has 108 valence electrons. The number of nitrogens with one attached hydrogen (secondary N) is 2. The number of carbonyl (C=O) groups excluding carboxylic acids is 2. The molecule has 4 nitrogen and oxygen atoms in total. The molecule has 0 aliphatic carbocycles. The van der Waals surface area contributed by atoms with Crippen molar-refractivity contribution < 1.29 is 9.59 Å². The van der Waals surface area contributed by atoms with Crippen LogP contribution in [0.15, 0.2) is 41.8 Å². The topological polar surface area (TPSA) is 58.2 Å². The van der Waals surface area contributed by atoms with Gasteiger partial charge in [-0.2, -0.15) is 0 Å². The van der Waals surface area contributed by atoms with Crippen molar-refractivity contribution in [2.24, 2.45) is 0 Å². The zero-order valence-corrected chi connectivity index (χ0v) is 12.3. The second-order valence-corrected chi connectivity index (χ2v) is 6.04. The van der Waals surface area contributed by atoms with Crippen LogP contribution in [0.1, 0.15) is 22.8 Å². The second-order valence-electron chi connectivity index (χ2n) is 5.01. The van der Waals surface area contributed by atoms with Crippen LogP contribution in [0.2, 0.25) is 0 Å². The quantitative estimate of drug-likeness (QED) is 0.911. The van der Waals surface area contributed by atoms with E-state index in [0.29, 0.717) is 6.54 Å². The summed E-state index contributed by atoms with van der Waals surface area (Å²) in [7, 11) is 0. The van der Waals surface area contributed by atoms with Crippen molar-refractivity contribution in [3.05, 3.63) is 52.2 Å². The second kappa shape index (κ2) is 6.10. The Morgan fingerprint density at radius 2 is 2.14 bits per heavy atom. The van der Waals surface area contributed by atoms with E-state index < -0.39 is 5.92 Å². The molecule has 0 saturated carbocycles. The number of hydrogen-bond donors (Lipinski definition) is 2. The third kappa shape index (κ3) is 3.13. The number of amides is 2. The predicted octanol–water partition coefficient (Wildman–Crippen LogP) is 2.53. The molecular formula is C16H16N2O2S. The summed E-state index contributed by atoms with van der Waals surface area (Å²) < 4.78 is 0. The van der Waals surface area contributed by atoms with Gasteiger partial charge in [0.2, 0.25) is 11.8 Å². The first kappa shape index (κ1) is 13.8. The number of para-hydroxylation sites is 1. The number of hydrogen-bond acceptors (Lipinski definition) is 3. The largest absolute Gasteiger partial charge is 0.355 e. The molecule has 0 fully saturated rings. The molecule has 21 heavy (non-hydrogen) atoms. The summed E-state index contributed by atoms with van der Waals surface area (Å²) in [5.74, 6) is -0.570. The normalized spacial score (nSPS) is 17.0. The van der Waals surface area contributed by atoms with Crippen molar-refractivity contribution in [3.63, 3.8) is 0 Å². The summed E-state index contributed by atoms with van der Waals surface area (Å²) in [5.41, 5.74) is 1.64. The number of rotatable bonds is 4. The van der Waals surface area contributed by atoms with E-state index in [-0.39, 0.29) is 18.2 Å². The van der Waals surface area contributed by atoms with Crippen LogP contribution < -0.4 is 10.6 Å². The third-order valence-electron chi connectivity index (χ3n) is 3.57. The van der Waals surface area contributed by atoms with E-state index in [2.05, 4.69) is 16.7 Å². The highest BCUT2D eigenvalue weighted by molar-refractivity contribution is 7.09. The molecule has 5 heteroatoms. The van der Waals surface area contributed by atoms with Gasteiger partial charge in [-0.05, 0) is 29.5 Å². The molecule has 1 aliphatic heterocycles. The highest BCUT2D eigenvalue weighted by Gasteiger charge is 2.29. The van der Waals surface area contributed by atoms with Crippen LogP contribution in [0.4, 0.5) is 5.69 Å². The van der Waals surface area contributed by atoms with Gasteiger partial charge in [-0.25, -0.2) is 0 Å². The van der Waals surface area contributed by atoms with Gasteiger partial charge in [0, 0.05) is 23.5 Å². The lowest BCUT2D eigenvalue weighted by Crippen LogP contribution is -2.35. The van der Waals surface area contributed by atoms with Crippen LogP contribution >= 0.6 is 11.3 Å². The van der Waals surface area contributed by atoms with E-state index in [9.17, 15) is 9.59 Å². The molecule has 0 saturated heterocycles. The van der Waals surface area contributed by atoms with Crippen LogP contribution in [0.25, 0.3) is 0 Å². The van der Waals surface area contributed by atoms with Crippen LogP contribution in [-0.2, 0) is 16.0 Å². The molecule has 0 radical (unpaired) electrons. The molecule has 1 aliphatic rings. The van der Waals surface area contributed by atoms with Gasteiger partial charge in [0.15, 0.2) is 0 Å². The Hall–Kier alpha value is -2.14. The number of anilines is 1. The molecule has 3 rings (SSSR count). The van der Waals surface area contributed by atoms with Crippen molar-refractivity contribution in [1.29, 1.82) is 0 Å². The average molecular weight is 300 g/mol. The monoisotopic (exact) mass is 300 g/mol. The summed E-state index contributed by atoms with van der Waals surface area (Å²) >= 11 is 1.68. The van der Waals surface area contributed by atoms with Crippen molar-refractivity contribution in [3.8, 4) is 0 Å². The van der Waals surface area contributed by atoms with Gasteiger partial charge in [0.05, 0.1) is 5.92 Å². The highest BCUT2D eigenvalue weighted by atomic mass is 32.1. The molecule has 2 amide bonds. The van der Waals surface area contributed by atoms with Gasteiger partial charge in [0.1, 0.15) is 0 Å². The maximum absolute atomic E-state index is 12.3. The van der Waals surface area contributed by atoms with E-state index in [1.165, 1.54) is 4.88 Å². The summed E-state index contributed by atoms with van der Waals surface area (Å²) in [6.45, 7) is 0.597. The minimum atomic E-state index is -0.390. The number of benzene rings is 1. The van der Waals surface area contributed by atoms with Gasteiger partial charge in [-0.1, -0.05) is 24.3 Å². The minimum absolute atomic E-state index is 0.0751. The third-order valence-corrected chi connectivity index (χ3v) is 4.50. The molecule has 2 N–H and O–H groups in total. The van der Waals surface area contributed by atoms with Crippen molar-refractivity contribution in [2.45, 2.75) is 18.8 Å². The lowest BCUT2D eigenvalue weighted by Gasteiger charge is -2.24. The lowest BCUT2D eigenvalue weighted by molar-refractivity contribution is -0.126. The standard InChI is InChI=1S/C16H16N2O2S/c19-15-10-13(12-5-1-2-6-14(12)18-15)16(20)17-8-7-11-4-3-9-21-11/h1-6,9,13H,7-8,10H2,(H,17,20)(H,18,19). The van der Waals surface area contributed by atoms with Crippen molar-refractivity contribution in [1.82, 2.24) is 5.32 Å². The van der Waals surface area contributed by atoms with Gasteiger partial charge >= 0.3 is 0 Å². The summed E-state index contributed by atoms with van der Waals surface area (Å²) in [6.07, 6.45) is 1.03. The number of fused-ring (bicyclic) bond motifs is 1. The van der Waals surface area contributed by atoms with E-state index in [1.807, 2.05) is 35.7 Å². The highest BCUT2D eigenvalue weighted by Crippen LogP contribution is 2.31. The van der Waals surface area contributed by atoms with E-state index >= 15 is 0 Å². The van der Waals surface area contributed by atoms with Crippen molar-refractivity contribution in [2.75, 3.05) is 11.9 Å². The lowest BCUT2D eigenvalue weighted by atomic mass is 9.90. The zero-order chi connectivity index (χ0) is 14.7. The molecule has 2 heterocycles. The van der Waals surface area contributed by atoms with Gasteiger partial charge < -0.3 is 10.6 Å². The molecule has 1 aromatic heterocycles. The zero-order valence-electron chi connectivity index (χ0n) is 11.5. The molecular weight excluding hydrogens is 284 g/mol. The number of carbonyl (C=O) groups is 2. The van der Waals surface area contributed by atoms with E-state index in [1.54, 1.807) is 11.3 Å².